The van der Waals surface area contributed by atoms with Gasteiger partial charge in [0.2, 0.25) is 5.91 Å². The number of aliphatic hydroxyl groups excluding tert-OH is 1. The average Bonchev–Trinajstić information content (AvgIpc) is 3.06. The van der Waals surface area contributed by atoms with Crippen LogP contribution in [-0.4, -0.2) is 49.1 Å². The molecule has 0 saturated carbocycles. The number of nitrogens with one attached hydrogen (secondary N) is 2. The molecule has 0 bridgehead atoms. The van der Waals surface area contributed by atoms with Crippen molar-refractivity contribution in [2.24, 2.45) is 0 Å². The summed E-state index contributed by atoms with van der Waals surface area (Å²) < 4.78 is 28.0. The van der Waals surface area contributed by atoms with Crippen molar-refractivity contribution >= 4 is 11.8 Å². The van der Waals surface area contributed by atoms with Gasteiger partial charge in [0.1, 0.15) is 17.2 Å². The van der Waals surface area contributed by atoms with Gasteiger partial charge in [-0.05, 0) is 61.2 Å². The largest absolute Gasteiger partial charge is 0.396 e. The van der Waals surface area contributed by atoms with E-state index in [-0.39, 0.29) is 37.1 Å². The second-order valence-corrected chi connectivity index (χ2v) is 7.68. The Labute approximate surface area is 180 Å². The Bertz CT molecular complexity index is 965. The van der Waals surface area contributed by atoms with Crippen LogP contribution in [0.2, 0.25) is 0 Å². The van der Waals surface area contributed by atoms with Gasteiger partial charge in [-0.3, -0.25) is 9.59 Å². The quantitative estimate of drug-likeness (QED) is 0.531. The van der Waals surface area contributed by atoms with Crippen molar-refractivity contribution < 1.29 is 23.5 Å². The Hall–Kier alpha value is -2.84. The van der Waals surface area contributed by atoms with E-state index in [1.807, 2.05) is 0 Å². The number of benzene rings is 2. The zero-order valence-corrected chi connectivity index (χ0v) is 17.7. The molecule has 1 aliphatic heterocycles. The summed E-state index contributed by atoms with van der Waals surface area (Å²) in [6, 6.07) is 8.49. The Morgan fingerprint density at radius 2 is 1.87 bits per heavy atom. The molecule has 1 atom stereocenters. The number of rotatable bonds is 9. The number of aliphatic hydroxyl groups is 1. The lowest BCUT2D eigenvalue weighted by molar-refractivity contribution is -0.128. The van der Waals surface area contributed by atoms with Gasteiger partial charge in [-0.2, -0.15) is 0 Å². The van der Waals surface area contributed by atoms with Crippen LogP contribution in [0.15, 0.2) is 36.4 Å². The van der Waals surface area contributed by atoms with Crippen molar-refractivity contribution in [2.75, 3.05) is 27.2 Å². The van der Waals surface area contributed by atoms with E-state index in [0.717, 1.165) is 0 Å². The summed E-state index contributed by atoms with van der Waals surface area (Å²) in [6.45, 7) is 0.278. The highest BCUT2D eigenvalue weighted by atomic mass is 19.1. The molecule has 2 amide bonds. The van der Waals surface area contributed by atoms with Crippen LogP contribution >= 0.6 is 0 Å². The highest BCUT2D eigenvalue weighted by Crippen LogP contribution is 2.31. The maximum Gasteiger partial charge on any atom is 0.254 e. The van der Waals surface area contributed by atoms with Crippen LogP contribution in [0.4, 0.5) is 8.78 Å². The van der Waals surface area contributed by atoms with Gasteiger partial charge in [0.05, 0.1) is 6.54 Å². The van der Waals surface area contributed by atoms with Crippen molar-refractivity contribution in [3.63, 3.8) is 0 Å². The first-order valence-electron chi connectivity index (χ1n) is 10.2. The molecule has 0 fully saturated rings. The number of fused-ring (bicyclic) bond motifs is 1. The molecule has 1 aliphatic rings. The molecule has 8 heteroatoms. The summed E-state index contributed by atoms with van der Waals surface area (Å²) in [4.78, 5) is 27.4. The number of hydrogen-bond donors (Lipinski definition) is 3. The van der Waals surface area contributed by atoms with E-state index in [9.17, 15) is 18.4 Å². The topological polar surface area (TPSA) is 81.7 Å². The lowest BCUT2D eigenvalue weighted by atomic mass is 9.88. The Morgan fingerprint density at radius 3 is 2.48 bits per heavy atom. The third-order valence-electron chi connectivity index (χ3n) is 5.81. The summed E-state index contributed by atoms with van der Waals surface area (Å²) in [5.74, 6) is -1.61. The highest BCUT2D eigenvalue weighted by molar-refractivity contribution is 5.99. The van der Waals surface area contributed by atoms with E-state index in [2.05, 4.69) is 10.6 Å². The van der Waals surface area contributed by atoms with Crippen molar-refractivity contribution in [1.82, 2.24) is 15.5 Å². The molecule has 31 heavy (non-hydrogen) atoms. The lowest BCUT2D eigenvalue weighted by Crippen LogP contribution is -2.58. The minimum absolute atomic E-state index is 0.0101. The number of halogens is 2. The third-order valence-corrected chi connectivity index (χ3v) is 5.81. The standard InChI is InChI=1S/C23H27F2N3O3/c1-26-22(31)23(27-2,17-6-8-18(24)9-7-17)14-28-13-16-11-15(5-3-4-10-29)20(25)12-19(16)21(28)30/h6-9,11-12,27,29H,3-5,10,13-14H2,1-2H3,(H,26,31). The van der Waals surface area contributed by atoms with E-state index < -0.39 is 17.2 Å². The van der Waals surface area contributed by atoms with Gasteiger partial charge in [0, 0.05) is 25.8 Å². The predicted octanol–water partition coefficient (Wildman–Crippen LogP) is 2.10. The van der Waals surface area contributed by atoms with E-state index in [0.29, 0.717) is 36.0 Å². The SMILES string of the molecule is CNC(=O)C(CN1Cc2cc(CCCCO)c(F)cc2C1=O)(NC)c1ccc(F)cc1. The number of nitrogens with zero attached hydrogens (tertiary/aromatic N) is 1. The zero-order valence-electron chi connectivity index (χ0n) is 17.7. The molecule has 0 aromatic heterocycles. The maximum absolute atomic E-state index is 14.5. The van der Waals surface area contributed by atoms with Crippen molar-refractivity contribution in [3.05, 3.63) is 70.3 Å². The van der Waals surface area contributed by atoms with Gasteiger partial charge in [-0.1, -0.05) is 18.2 Å². The molecule has 0 spiro atoms. The number of hydrogen-bond acceptors (Lipinski definition) is 4. The van der Waals surface area contributed by atoms with Gasteiger partial charge >= 0.3 is 0 Å². The first-order chi connectivity index (χ1) is 14.9. The molecule has 1 unspecified atom stereocenters. The second-order valence-electron chi connectivity index (χ2n) is 7.68. The minimum atomic E-state index is -1.30. The number of unbranched alkanes of at least 4 members (excludes halogenated alkanes) is 1. The summed E-state index contributed by atoms with van der Waals surface area (Å²) in [6.07, 6.45) is 1.70. The van der Waals surface area contributed by atoms with Crippen LogP contribution in [0.3, 0.4) is 0 Å². The minimum Gasteiger partial charge on any atom is -0.396 e. The molecule has 1 heterocycles. The zero-order chi connectivity index (χ0) is 22.6. The predicted molar refractivity (Wildman–Crippen MR) is 112 cm³/mol. The Morgan fingerprint density at radius 1 is 1.16 bits per heavy atom. The van der Waals surface area contributed by atoms with Crippen LogP contribution in [0.25, 0.3) is 0 Å². The Balaban J connectivity index is 1.91. The van der Waals surface area contributed by atoms with E-state index in [1.165, 1.54) is 42.3 Å². The van der Waals surface area contributed by atoms with Gasteiger partial charge in [0.15, 0.2) is 0 Å². The number of aryl methyl sites for hydroxylation is 1. The first kappa shape index (κ1) is 22.8. The van der Waals surface area contributed by atoms with Crippen LogP contribution in [0.1, 0.15) is 39.9 Å². The van der Waals surface area contributed by atoms with Crippen molar-refractivity contribution in [3.8, 4) is 0 Å². The summed E-state index contributed by atoms with van der Waals surface area (Å²) in [5.41, 5.74) is 0.695. The van der Waals surface area contributed by atoms with Gasteiger partial charge in [-0.25, -0.2) is 8.78 Å². The van der Waals surface area contributed by atoms with Gasteiger partial charge in [0.25, 0.3) is 5.91 Å². The van der Waals surface area contributed by atoms with Crippen LogP contribution < -0.4 is 10.6 Å². The molecule has 2 aromatic carbocycles. The number of likely N-dealkylation sites (N-methyl/N-ethyl adjacent to an activating group) is 2. The van der Waals surface area contributed by atoms with Crippen LogP contribution in [0, 0.1) is 11.6 Å². The van der Waals surface area contributed by atoms with Crippen molar-refractivity contribution in [1.29, 1.82) is 0 Å². The van der Waals surface area contributed by atoms with Crippen LogP contribution in [-0.2, 0) is 23.3 Å². The molecule has 6 nitrogen and oxygen atoms in total. The summed E-state index contributed by atoms with van der Waals surface area (Å²) in [7, 11) is 3.09. The highest BCUT2D eigenvalue weighted by Gasteiger charge is 2.43. The smallest absolute Gasteiger partial charge is 0.254 e. The van der Waals surface area contributed by atoms with Gasteiger partial charge < -0.3 is 20.6 Å². The normalized spacial score (nSPS) is 15.0. The van der Waals surface area contributed by atoms with Gasteiger partial charge in [-0.15, -0.1) is 0 Å². The lowest BCUT2D eigenvalue weighted by Gasteiger charge is -2.35. The fourth-order valence-corrected chi connectivity index (χ4v) is 4.06. The van der Waals surface area contributed by atoms with E-state index in [4.69, 9.17) is 5.11 Å². The molecule has 166 valence electrons. The molecule has 3 N–H and O–H groups in total. The monoisotopic (exact) mass is 431 g/mol. The average molecular weight is 431 g/mol. The fraction of sp³-hybridized carbons (Fsp3) is 0.391. The first-order valence-corrected chi connectivity index (χ1v) is 10.2. The third kappa shape index (κ3) is 4.45. The number of amides is 2. The molecule has 0 radical (unpaired) electrons. The Kier molecular flexibility index (Phi) is 7.02. The molecular weight excluding hydrogens is 404 g/mol. The maximum atomic E-state index is 14.5. The molecular formula is C23H27F2N3O3. The second kappa shape index (κ2) is 9.53. The molecule has 0 aliphatic carbocycles. The van der Waals surface area contributed by atoms with E-state index >= 15 is 0 Å². The summed E-state index contributed by atoms with van der Waals surface area (Å²) >= 11 is 0. The van der Waals surface area contributed by atoms with E-state index in [1.54, 1.807) is 13.1 Å². The van der Waals surface area contributed by atoms with Crippen LogP contribution in [0.5, 0.6) is 0 Å². The molecule has 0 saturated heterocycles. The number of carbonyl (C=O) groups excluding carboxylic acids is 2. The molecule has 2 aromatic rings. The molecule has 3 rings (SSSR count). The summed E-state index contributed by atoms with van der Waals surface area (Å²) in [5, 5.41) is 14.6. The van der Waals surface area contributed by atoms with Crippen molar-refractivity contribution in [2.45, 2.75) is 31.3 Å². The fourth-order valence-electron chi connectivity index (χ4n) is 4.06. The number of carbonyl (C=O) groups is 2.